The fraction of sp³-hybridized carbons (Fsp3) is 0.400. The van der Waals surface area contributed by atoms with E-state index < -0.39 is 15.2 Å². The average Bonchev–Trinajstić information content (AvgIpc) is 2.25. The van der Waals surface area contributed by atoms with Crippen LogP contribution in [0.4, 0.5) is 0 Å². The van der Waals surface area contributed by atoms with E-state index >= 15 is 0 Å². The molecule has 0 saturated carbocycles. The van der Waals surface area contributed by atoms with Crippen molar-refractivity contribution in [1.82, 2.24) is 5.32 Å². The van der Waals surface area contributed by atoms with Crippen molar-refractivity contribution in [2.75, 3.05) is 7.05 Å². The Morgan fingerprint density at radius 3 is 2.44 bits per heavy atom. The van der Waals surface area contributed by atoms with Crippen LogP contribution in [-0.2, 0) is 24.4 Å². The normalized spacial score (nSPS) is 18.7. The van der Waals surface area contributed by atoms with Gasteiger partial charge in [0.2, 0.25) is 0 Å². The lowest BCUT2D eigenvalue weighted by Gasteiger charge is -2.23. The number of nitrogens with one attached hydrogen (secondary N) is 1. The molecule has 0 bridgehead atoms. The number of rotatable bonds is 5. The molecule has 0 aliphatic rings. The molecule has 4 nitrogen and oxygen atoms in total. The molecule has 0 radical (unpaired) electrons. The Kier molecular flexibility index (Phi) is 4.82. The Hall–Kier alpha value is -0.530. The molecule has 0 aliphatic carbocycles. The lowest BCUT2D eigenvalue weighted by molar-refractivity contribution is 0.168. The minimum absolute atomic E-state index is 0.113. The zero-order chi connectivity index (χ0) is 12.2. The molecule has 0 saturated heterocycles. The highest BCUT2D eigenvalue weighted by Gasteiger charge is 2.22. The van der Waals surface area contributed by atoms with Crippen LogP contribution in [0.3, 0.4) is 0 Å². The summed E-state index contributed by atoms with van der Waals surface area (Å²) in [6.07, 6.45) is -0.541. The molecule has 0 fully saturated rings. The molecule has 16 heavy (non-hydrogen) atoms. The topological polar surface area (TPSA) is 58.6 Å². The number of hydrogen-bond acceptors (Lipinski definition) is 4. The Bertz CT molecular complexity index is 419. The molecule has 1 aromatic rings. The molecule has 0 amide bonds. The Labute approximate surface area is 101 Å². The molecule has 0 heterocycles. The second-order valence-electron chi connectivity index (χ2n) is 3.43. The van der Waals surface area contributed by atoms with Crippen LogP contribution in [-0.4, -0.2) is 21.9 Å². The maximum atomic E-state index is 11.1. The summed E-state index contributed by atoms with van der Waals surface area (Å²) >= 11 is 4.36. The van der Waals surface area contributed by atoms with Gasteiger partial charge in [0.25, 0.3) is 9.05 Å². The largest absolute Gasteiger partial charge is 0.314 e. The first-order valence-electron chi connectivity index (χ1n) is 4.82. The molecule has 1 unspecified atom stereocenters. The molecular formula is C10H15NO3S2. The van der Waals surface area contributed by atoms with E-state index in [1.807, 2.05) is 37.3 Å². The van der Waals surface area contributed by atoms with E-state index in [2.05, 4.69) is 16.5 Å². The minimum Gasteiger partial charge on any atom is -0.314 e. The van der Waals surface area contributed by atoms with Crippen LogP contribution in [0.5, 0.6) is 0 Å². The third-order valence-corrected chi connectivity index (χ3v) is 2.95. The fourth-order valence-electron chi connectivity index (χ4n) is 1.35. The summed E-state index contributed by atoms with van der Waals surface area (Å²) in [6, 6.07) is 9.11. The highest BCUT2D eigenvalue weighted by atomic mass is 32.9. The van der Waals surface area contributed by atoms with Crippen LogP contribution in [0.15, 0.2) is 30.3 Å². The molecule has 1 aromatic carbocycles. The van der Waals surface area contributed by atoms with Gasteiger partial charge in [-0.25, -0.2) is 0 Å². The van der Waals surface area contributed by atoms with Crippen molar-refractivity contribution in [2.45, 2.75) is 19.1 Å². The number of benzene rings is 1. The molecule has 0 aliphatic heterocycles. The predicted molar refractivity (Wildman–Crippen MR) is 66.9 cm³/mol. The first kappa shape index (κ1) is 13.5. The van der Waals surface area contributed by atoms with Crippen molar-refractivity contribution in [1.29, 1.82) is 0 Å². The summed E-state index contributed by atoms with van der Waals surface area (Å²) in [6.45, 7) is 1.86. The SMILES string of the molecule is CN[C@@H](C)[C@H](OS(=O)(O)=S)c1ccccc1. The molecule has 2 N–H and O–H groups in total. The zero-order valence-electron chi connectivity index (χ0n) is 9.12. The van der Waals surface area contributed by atoms with Gasteiger partial charge in [-0.3, -0.25) is 8.74 Å². The van der Waals surface area contributed by atoms with Crippen LogP contribution in [0.1, 0.15) is 18.6 Å². The Morgan fingerprint density at radius 2 is 2.00 bits per heavy atom. The quantitative estimate of drug-likeness (QED) is 0.841. The molecule has 0 spiro atoms. The van der Waals surface area contributed by atoms with Gasteiger partial charge < -0.3 is 5.32 Å². The third-order valence-electron chi connectivity index (χ3n) is 2.26. The van der Waals surface area contributed by atoms with Gasteiger partial charge in [-0.15, -0.1) is 0 Å². The molecule has 90 valence electrons. The Balaban J connectivity index is 2.97. The van der Waals surface area contributed by atoms with Crippen LogP contribution in [0.25, 0.3) is 0 Å². The van der Waals surface area contributed by atoms with E-state index in [9.17, 15) is 4.21 Å². The molecule has 3 atom stereocenters. The maximum Gasteiger partial charge on any atom is 0.267 e. The third kappa shape index (κ3) is 4.15. The predicted octanol–water partition coefficient (Wildman–Crippen LogP) is 1.49. The molecular weight excluding hydrogens is 246 g/mol. The summed E-state index contributed by atoms with van der Waals surface area (Å²) in [4.78, 5) is 0. The van der Waals surface area contributed by atoms with Gasteiger partial charge in [0.1, 0.15) is 6.10 Å². The maximum absolute atomic E-state index is 11.1. The van der Waals surface area contributed by atoms with Crippen molar-refractivity contribution >= 4 is 20.2 Å². The molecule has 0 aromatic heterocycles. The minimum atomic E-state index is -3.63. The van der Waals surface area contributed by atoms with E-state index in [1.54, 1.807) is 7.05 Å². The lowest BCUT2D eigenvalue weighted by Crippen LogP contribution is -2.31. The monoisotopic (exact) mass is 261 g/mol. The van der Waals surface area contributed by atoms with Gasteiger partial charge >= 0.3 is 0 Å². The second-order valence-corrected chi connectivity index (χ2v) is 5.74. The van der Waals surface area contributed by atoms with E-state index in [0.29, 0.717) is 0 Å². The fourth-order valence-corrected chi connectivity index (χ4v) is 2.15. The molecule has 1 rings (SSSR count). The van der Waals surface area contributed by atoms with Gasteiger partial charge in [0.15, 0.2) is 0 Å². The van der Waals surface area contributed by atoms with Crippen molar-refractivity contribution in [2.24, 2.45) is 0 Å². The van der Waals surface area contributed by atoms with Crippen LogP contribution < -0.4 is 5.32 Å². The van der Waals surface area contributed by atoms with E-state index in [-0.39, 0.29) is 6.04 Å². The molecule has 6 heteroatoms. The van der Waals surface area contributed by atoms with Crippen LogP contribution in [0.2, 0.25) is 0 Å². The van der Waals surface area contributed by atoms with Crippen molar-refractivity contribution < 1.29 is 12.9 Å². The van der Waals surface area contributed by atoms with Crippen LogP contribution in [0, 0.1) is 0 Å². The van der Waals surface area contributed by atoms with Crippen molar-refractivity contribution in [3.05, 3.63) is 35.9 Å². The summed E-state index contributed by atoms with van der Waals surface area (Å²) in [5.41, 5.74) is 0.816. The first-order valence-corrected chi connectivity index (χ1v) is 7.18. The van der Waals surface area contributed by atoms with Gasteiger partial charge in [-0.2, -0.15) is 4.21 Å². The highest BCUT2D eigenvalue weighted by Crippen LogP contribution is 2.22. The average molecular weight is 261 g/mol. The van der Waals surface area contributed by atoms with Crippen LogP contribution >= 0.6 is 0 Å². The van der Waals surface area contributed by atoms with Gasteiger partial charge in [0, 0.05) is 17.2 Å². The van der Waals surface area contributed by atoms with E-state index in [4.69, 9.17) is 8.74 Å². The summed E-state index contributed by atoms with van der Waals surface area (Å²) in [5.74, 6) is 0. The lowest BCUT2D eigenvalue weighted by atomic mass is 10.0. The smallest absolute Gasteiger partial charge is 0.267 e. The number of hydrogen-bond donors (Lipinski definition) is 2. The first-order chi connectivity index (χ1) is 7.44. The van der Waals surface area contributed by atoms with E-state index in [0.717, 1.165) is 5.56 Å². The summed E-state index contributed by atoms with van der Waals surface area (Å²) < 4.78 is 25.2. The summed E-state index contributed by atoms with van der Waals surface area (Å²) in [5, 5.41) is 2.98. The second kappa shape index (κ2) is 5.70. The van der Waals surface area contributed by atoms with Gasteiger partial charge in [-0.05, 0) is 19.5 Å². The van der Waals surface area contributed by atoms with Gasteiger partial charge in [-0.1, -0.05) is 30.3 Å². The standard InChI is InChI=1S/C10H15NO3S2/c1-8(11-2)10(14-16(12,13)15)9-6-4-3-5-7-9/h3-8,10-11H,1-2H3,(H,12,13,15)/t8-,10-/m0/s1. The van der Waals surface area contributed by atoms with Crippen molar-refractivity contribution in [3.8, 4) is 0 Å². The zero-order valence-corrected chi connectivity index (χ0v) is 10.8. The van der Waals surface area contributed by atoms with Gasteiger partial charge in [0.05, 0.1) is 0 Å². The summed E-state index contributed by atoms with van der Waals surface area (Å²) in [7, 11) is -1.88. The highest BCUT2D eigenvalue weighted by molar-refractivity contribution is 8.27. The Morgan fingerprint density at radius 1 is 1.44 bits per heavy atom. The number of likely N-dealkylation sites (N-methyl/N-ethyl adjacent to an activating group) is 1. The van der Waals surface area contributed by atoms with Crippen molar-refractivity contribution in [3.63, 3.8) is 0 Å². The van der Waals surface area contributed by atoms with E-state index in [1.165, 1.54) is 0 Å².